The molecule has 0 aliphatic carbocycles. The molecule has 0 spiro atoms. The van der Waals surface area contributed by atoms with Gasteiger partial charge >= 0.3 is 0 Å². The first-order valence-electron chi connectivity index (χ1n) is 6.16. The predicted octanol–water partition coefficient (Wildman–Crippen LogP) is 2.09. The van der Waals surface area contributed by atoms with E-state index in [9.17, 15) is 8.42 Å². The Bertz CT molecular complexity index is 414. The maximum atomic E-state index is 11.6. The van der Waals surface area contributed by atoms with Crippen LogP contribution in [0.15, 0.2) is 30.3 Å². The van der Waals surface area contributed by atoms with Crippen LogP contribution >= 0.6 is 0 Å². The van der Waals surface area contributed by atoms with Crippen molar-refractivity contribution in [2.24, 2.45) is 0 Å². The molecule has 4 nitrogen and oxygen atoms in total. The summed E-state index contributed by atoms with van der Waals surface area (Å²) in [6, 6.07) is 8.99. The summed E-state index contributed by atoms with van der Waals surface area (Å²) in [6.07, 6.45) is 3.24. The van der Waals surface area contributed by atoms with Gasteiger partial charge in [0.25, 0.3) is 10.1 Å². The molecule has 0 radical (unpaired) electrons. The number of aliphatic hydroxyl groups is 1. The molecule has 0 bridgehead atoms. The third kappa shape index (κ3) is 6.74. The lowest BCUT2D eigenvalue weighted by molar-refractivity contribution is 0.274. The Balaban J connectivity index is 2.24. The Labute approximate surface area is 109 Å². The molecule has 1 rings (SSSR count). The molecule has 0 saturated carbocycles. The molecule has 1 aromatic carbocycles. The molecule has 18 heavy (non-hydrogen) atoms. The van der Waals surface area contributed by atoms with E-state index in [0.29, 0.717) is 6.42 Å². The zero-order chi connectivity index (χ0) is 13.3. The summed E-state index contributed by atoms with van der Waals surface area (Å²) in [7, 11) is -3.48. The van der Waals surface area contributed by atoms with Crippen molar-refractivity contribution in [2.45, 2.75) is 31.4 Å². The van der Waals surface area contributed by atoms with Crippen LogP contribution in [0.5, 0.6) is 0 Å². The maximum Gasteiger partial charge on any atom is 0.271 e. The van der Waals surface area contributed by atoms with Crippen LogP contribution in [0.1, 0.15) is 31.2 Å². The van der Waals surface area contributed by atoms with E-state index in [-0.39, 0.29) is 19.0 Å². The molecule has 0 fully saturated rings. The van der Waals surface area contributed by atoms with E-state index in [0.717, 1.165) is 24.8 Å². The number of hydrogen-bond donors (Lipinski definition) is 1. The first-order valence-corrected chi connectivity index (χ1v) is 7.74. The van der Waals surface area contributed by atoms with Gasteiger partial charge in [0.1, 0.15) is 5.75 Å². The van der Waals surface area contributed by atoms with Crippen LogP contribution in [0.2, 0.25) is 0 Å². The molecule has 0 saturated heterocycles. The van der Waals surface area contributed by atoms with Crippen LogP contribution in [0, 0.1) is 0 Å². The molecule has 102 valence electrons. The van der Waals surface area contributed by atoms with Crippen molar-refractivity contribution in [3.63, 3.8) is 0 Å². The average molecular weight is 272 g/mol. The number of hydrogen-bond acceptors (Lipinski definition) is 4. The lowest BCUT2D eigenvalue weighted by Crippen LogP contribution is -2.10. The van der Waals surface area contributed by atoms with E-state index < -0.39 is 10.1 Å². The van der Waals surface area contributed by atoms with Crippen LogP contribution in [0.4, 0.5) is 0 Å². The van der Waals surface area contributed by atoms with Gasteiger partial charge in [-0.15, -0.1) is 0 Å². The highest BCUT2D eigenvalue weighted by molar-refractivity contribution is 7.85. The summed E-state index contributed by atoms with van der Waals surface area (Å²) in [4.78, 5) is 0. The largest absolute Gasteiger partial charge is 0.396 e. The second kappa shape index (κ2) is 8.24. The molecule has 0 atom stereocenters. The minimum Gasteiger partial charge on any atom is -0.396 e. The minimum atomic E-state index is -3.48. The Morgan fingerprint density at radius 1 is 1.00 bits per heavy atom. The molecule has 1 aromatic rings. The zero-order valence-electron chi connectivity index (χ0n) is 10.4. The normalized spacial score (nSPS) is 11.6. The summed E-state index contributed by atoms with van der Waals surface area (Å²) in [5, 5.41) is 8.59. The zero-order valence-corrected chi connectivity index (χ0v) is 11.2. The minimum absolute atomic E-state index is 0.0789. The Morgan fingerprint density at radius 2 is 1.67 bits per heavy atom. The highest BCUT2D eigenvalue weighted by atomic mass is 32.2. The number of unbranched alkanes of at least 4 members (excludes halogenated alkanes) is 3. The Kier molecular flexibility index (Phi) is 6.93. The Morgan fingerprint density at radius 3 is 2.33 bits per heavy atom. The third-order valence-corrected chi connectivity index (χ3v) is 3.71. The van der Waals surface area contributed by atoms with Crippen molar-refractivity contribution in [3.05, 3.63) is 35.9 Å². The fourth-order valence-corrected chi connectivity index (χ4v) is 2.63. The molecule has 0 aromatic heterocycles. The van der Waals surface area contributed by atoms with E-state index >= 15 is 0 Å². The second-order valence-corrected chi connectivity index (χ2v) is 5.79. The third-order valence-electron chi connectivity index (χ3n) is 2.50. The molecule has 1 N–H and O–H groups in total. The van der Waals surface area contributed by atoms with Gasteiger partial charge in [-0.2, -0.15) is 8.42 Å². The second-order valence-electron chi connectivity index (χ2n) is 4.15. The molecular formula is C13H20O4S. The Hall–Kier alpha value is -0.910. The van der Waals surface area contributed by atoms with Gasteiger partial charge in [-0.05, 0) is 18.4 Å². The lowest BCUT2D eigenvalue weighted by Gasteiger charge is -2.05. The molecule has 0 unspecified atom stereocenters. The fourth-order valence-electron chi connectivity index (χ4n) is 1.57. The quantitative estimate of drug-likeness (QED) is 0.552. The molecule has 0 aliphatic rings. The smallest absolute Gasteiger partial charge is 0.271 e. The summed E-state index contributed by atoms with van der Waals surface area (Å²) in [5.41, 5.74) is 0.734. The van der Waals surface area contributed by atoms with Crippen molar-refractivity contribution >= 4 is 10.1 Å². The van der Waals surface area contributed by atoms with E-state index in [2.05, 4.69) is 0 Å². The van der Waals surface area contributed by atoms with Crippen molar-refractivity contribution in [2.75, 3.05) is 13.2 Å². The van der Waals surface area contributed by atoms with E-state index in [1.54, 1.807) is 24.3 Å². The van der Waals surface area contributed by atoms with Gasteiger partial charge in [-0.25, -0.2) is 0 Å². The topological polar surface area (TPSA) is 63.6 Å². The van der Waals surface area contributed by atoms with Gasteiger partial charge in [0.15, 0.2) is 0 Å². The molecule has 0 aliphatic heterocycles. The van der Waals surface area contributed by atoms with Crippen LogP contribution in [-0.4, -0.2) is 26.7 Å². The van der Waals surface area contributed by atoms with Gasteiger partial charge in [0, 0.05) is 6.61 Å². The van der Waals surface area contributed by atoms with Crippen molar-refractivity contribution < 1.29 is 17.7 Å². The van der Waals surface area contributed by atoms with E-state index in [4.69, 9.17) is 9.29 Å². The summed E-state index contributed by atoms with van der Waals surface area (Å²) < 4.78 is 28.2. The van der Waals surface area contributed by atoms with Crippen molar-refractivity contribution in [1.82, 2.24) is 0 Å². The number of rotatable bonds is 9. The molecule has 5 heteroatoms. The van der Waals surface area contributed by atoms with Gasteiger partial charge in [0.2, 0.25) is 0 Å². The molecule has 0 amide bonds. The highest BCUT2D eigenvalue weighted by Gasteiger charge is 2.11. The SMILES string of the molecule is O=S(=O)(Cc1ccccc1)OCCCCCCO. The maximum absolute atomic E-state index is 11.6. The summed E-state index contributed by atoms with van der Waals surface area (Å²) in [6.45, 7) is 0.410. The molecular weight excluding hydrogens is 252 g/mol. The van der Waals surface area contributed by atoms with Crippen molar-refractivity contribution in [1.29, 1.82) is 0 Å². The van der Waals surface area contributed by atoms with Gasteiger partial charge in [-0.3, -0.25) is 4.18 Å². The average Bonchev–Trinajstić information content (AvgIpc) is 2.34. The van der Waals surface area contributed by atoms with Gasteiger partial charge in [0.05, 0.1) is 6.61 Å². The van der Waals surface area contributed by atoms with Crippen molar-refractivity contribution in [3.8, 4) is 0 Å². The lowest BCUT2D eigenvalue weighted by atomic mass is 10.2. The van der Waals surface area contributed by atoms with E-state index in [1.165, 1.54) is 0 Å². The number of benzene rings is 1. The first kappa shape index (κ1) is 15.1. The standard InChI is InChI=1S/C13H20O4S/c14-10-6-1-2-7-11-17-18(15,16)12-13-8-4-3-5-9-13/h3-5,8-9,14H,1-2,6-7,10-12H2. The number of aliphatic hydroxyl groups excluding tert-OH is 1. The fraction of sp³-hybridized carbons (Fsp3) is 0.538. The highest BCUT2D eigenvalue weighted by Crippen LogP contribution is 2.08. The van der Waals surface area contributed by atoms with Crippen LogP contribution in [0.25, 0.3) is 0 Å². The van der Waals surface area contributed by atoms with E-state index in [1.807, 2.05) is 6.07 Å². The summed E-state index contributed by atoms with van der Waals surface area (Å²) in [5.74, 6) is -0.0789. The monoisotopic (exact) mass is 272 g/mol. The predicted molar refractivity (Wildman–Crippen MR) is 70.6 cm³/mol. The summed E-state index contributed by atoms with van der Waals surface area (Å²) >= 11 is 0. The first-order chi connectivity index (χ1) is 8.64. The molecule has 0 heterocycles. The van der Waals surface area contributed by atoms with Gasteiger partial charge < -0.3 is 5.11 Å². The van der Waals surface area contributed by atoms with Crippen LogP contribution < -0.4 is 0 Å². The van der Waals surface area contributed by atoms with Crippen LogP contribution in [-0.2, 0) is 20.1 Å². The van der Waals surface area contributed by atoms with Gasteiger partial charge in [-0.1, -0.05) is 43.2 Å². The van der Waals surface area contributed by atoms with Crippen LogP contribution in [0.3, 0.4) is 0 Å².